The van der Waals surface area contributed by atoms with Crippen LogP contribution in [0.1, 0.15) is 64.2 Å². The number of esters is 2. The van der Waals surface area contributed by atoms with E-state index in [0.717, 1.165) is 64.2 Å². The van der Waals surface area contributed by atoms with E-state index >= 15 is 0 Å². The molecule has 0 aromatic rings. The highest BCUT2D eigenvalue weighted by Crippen LogP contribution is 2.41. The van der Waals surface area contributed by atoms with Crippen LogP contribution in [0, 0.1) is 23.7 Å². The minimum absolute atomic E-state index is 0.0297. The van der Waals surface area contributed by atoms with E-state index in [1.54, 1.807) is 0 Å². The summed E-state index contributed by atoms with van der Waals surface area (Å²) in [6.45, 7) is 1.07. The average molecular weight is 392 g/mol. The summed E-state index contributed by atoms with van der Waals surface area (Å²) < 4.78 is 22.4. The first-order valence-corrected chi connectivity index (χ1v) is 11.3. The Morgan fingerprint density at radius 3 is 1.96 bits per heavy atom. The van der Waals surface area contributed by atoms with Crippen LogP contribution < -0.4 is 0 Å². The molecule has 6 rings (SSSR count). The van der Waals surface area contributed by atoms with Crippen LogP contribution >= 0.6 is 0 Å². The molecule has 0 aromatic heterocycles. The summed E-state index contributed by atoms with van der Waals surface area (Å²) in [5, 5.41) is 0. The van der Waals surface area contributed by atoms with E-state index in [1.165, 1.54) is 0 Å². The molecule has 0 aromatic carbocycles. The third kappa shape index (κ3) is 4.09. The van der Waals surface area contributed by atoms with Gasteiger partial charge in [0.2, 0.25) is 0 Å². The molecule has 0 spiro atoms. The second-order valence-corrected chi connectivity index (χ2v) is 9.59. The fourth-order valence-electron chi connectivity index (χ4n) is 5.57. The summed E-state index contributed by atoms with van der Waals surface area (Å²) >= 11 is 0. The molecule has 6 nitrogen and oxygen atoms in total. The Balaban J connectivity index is 0.969. The lowest BCUT2D eigenvalue weighted by molar-refractivity contribution is -0.202. The molecule has 3 saturated carbocycles. The number of carbonyl (C=O) groups excluding carboxylic acids is 2. The van der Waals surface area contributed by atoms with Gasteiger partial charge in [0.15, 0.2) is 0 Å². The summed E-state index contributed by atoms with van der Waals surface area (Å²) in [6.07, 6.45) is 11.1. The monoisotopic (exact) mass is 392 g/mol. The molecule has 3 heterocycles. The van der Waals surface area contributed by atoms with Crippen molar-refractivity contribution in [3.63, 3.8) is 0 Å². The first kappa shape index (κ1) is 18.9. The molecule has 6 atom stereocenters. The molecule has 6 heteroatoms. The van der Waals surface area contributed by atoms with E-state index in [1.807, 2.05) is 0 Å². The van der Waals surface area contributed by atoms with Crippen molar-refractivity contribution >= 4 is 11.9 Å². The van der Waals surface area contributed by atoms with Crippen LogP contribution in [0.25, 0.3) is 0 Å². The zero-order valence-electron chi connectivity index (χ0n) is 16.6. The van der Waals surface area contributed by atoms with Gasteiger partial charge in [-0.1, -0.05) is 0 Å². The number of hydrogen-bond donors (Lipinski definition) is 0. The maximum Gasteiger partial charge on any atom is 0.311 e. The van der Waals surface area contributed by atoms with Gasteiger partial charge in [-0.25, -0.2) is 0 Å². The normalized spacial score (nSPS) is 44.0. The predicted octanol–water partition coefficient (Wildman–Crippen LogP) is 3.01. The number of epoxide rings is 1. The maximum atomic E-state index is 12.3. The highest BCUT2D eigenvalue weighted by molar-refractivity contribution is 5.73. The summed E-state index contributed by atoms with van der Waals surface area (Å²) in [5.41, 5.74) is 0. The molecule has 28 heavy (non-hydrogen) atoms. The molecular weight excluding hydrogens is 360 g/mol. The van der Waals surface area contributed by atoms with E-state index in [9.17, 15) is 9.59 Å². The van der Waals surface area contributed by atoms with Crippen LogP contribution in [0.5, 0.6) is 0 Å². The largest absolute Gasteiger partial charge is 0.465 e. The molecule has 3 aliphatic heterocycles. The molecule has 2 bridgehead atoms. The lowest BCUT2D eigenvalue weighted by Gasteiger charge is -2.45. The van der Waals surface area contributed by atoms with E-state index in [0.29, 0.717) is 43.4 Å². The zero-order chi connectivity index (χ0) is 19.1. The van der Waals surface area contributed by atoms with E-state index in [2.05, 4.69) is 0 Å². The SMILES string of the molecule is O=C(OCC1CCC(COC(=O)C2CCC3CC2O3)CC1)C1CCC2OC2C1. The average Bonchev–Trinajstić information content (AvgIpc) is 3.49. The number of hydrogen-bond acceptors (Lipinski definition) is 6. The number of rotatable bonds is 6. The second kappa shape index (κ2) is 7.94. The van der Waals surface area contributed by atoms with E-state index in [4.69, 9.17) is 18.9 Å². The number of fused-ring (bicyclic) bond motifs is 3. The predicted molar refractivity (Wildman–Crippen MR) is 99.4 cm³/mol. The summed E-state index contributed by atoms with van der Waals surface area (Å²) in [6, 6.07) is 0. The molecule has 0 radical (unpaired) electrons. The van der Waals surface area contributed by atoms with Crippen LogP contribution in [-0.4, -0.2) is 49.6 Å². The molecule has 3 saturated heterocycles. The third-order valence-electron chi connectivity index (χ3n) is 7.64. The van der Waals surface area contributed by atoms with Gasteiger partial charge in [-0.15, -0.1) is 0 Å². The highest BCUT2D eigenvalue weighted by atomic mass is 16.6. The Kier molecular flexibility index (Phi) is 5.35. The third-order valence-corrected chi connectivity index (χ3v) is 7.64. The molecule has 0 amide bonds. The molecule has 6 fully saturated rings. The van der Waals surface area contributed by atoms with Crippen molar-refractivity contribution in [1.29, 1.82) is 0 Å². The zero-order valence-corrected chi connectivity index (χ0v) is 16.6. The smallest absolute Gasteiger partial charge is 0.311 e. The number of ether oxygens (including phenoxy) is 4. The maximum absolute atomic E-state index is 12.3. The molecule has 3 aliphatic carbocycles. The lowest BCUT2D eigenvalue weighted by atomic mass is 9.80. The van der Waals surface area contributed by atoms with Crippen LogP contribution in [0.4, 0.5) is 0 Å². The Labute approximate surface area is 166 Å². The van der Waals surface area contributed by atoms with Crippen LogP contribution in [0.2, 0.25) is 0 Å². The van der Waals surface area contributed by atoms with Crippen molar-refractivity contribution < 1.29 is 28.5 Å². The van der Waals surface area contributed by atoms with Gasteiger partial charge in [-0.2, -0.15) is 0 Å². The second-order valence-electron chi connectivity index (χ2n) is 9.59. The summed E-state index contributed by atoms with van der Waals surface area (Å²) in [7, 11) is 0. The first-order valence-electron chi connectivity index (χ1n) is 11.3. The van der Waals surface area contributed by atoms with Gasteiger partial charge in [-0.3, -0.25) is 9.59 Å². The Hall–Kier alpha value is -1.14. The van der Waals surface area contributed by atoms with Crippen molar-refractivity contribution in [3.05, 3.63) is 0 Å². The molecular formula is C22H32O6. The fraction of sp³-hybridized carbons (Fsp3) is 0.909. The van der Waals surface area contributed by atoms with Gasteiger partial charge in [0.1, 0.15) is 0 Å². The molecule has 6 aliphatic rings. The topological polar surface area (TPSA) is 74.4 Å². The lowest BCUT2D eigenvalue weighted by Crippen LogP contribution is -2.50. The van der Waals surface area contributed by atoms with Crippen molar-refractivity contribution in [2.24, 2.45) is 23.7 Å². The summed E-state index contributed by atoms with van der Waals surface area (Å²) in [5.74, 6) is 0.789. The van der Waals surface area contributed by atoms with E-state index in [-0.39, 0.29) is 29.9 Å². The van der Waals surface area contributed by atoms with Crippen molar-refractivity contribution in [1.82, 2.24) is 0 Å². The van der Waals surface area contributed by atoms with Crippen molar-refractivity contribution in [2.45, 2.75) is 88.6 Å². The number of carbonyl (C=O) groups is 2. The van der Waals surface area contributed by atoms with Gasteiger partial charge in [0.05, 0.1) is 49.5 Å². The van der Waals surface area contributed by atoms with Crippen molar-refractivity contribution in [2.75, 3.05) is 13.2 Å². The first-order chi connectivity index (χ1) is 13.7. The van der Waals surface area contributed by atoms with Crippen LogP contribution in [0.15, 0.2) is 0 Å². The Bertz CT molecular complexity index is 589. The van der Waals surface area contributed by atoms with Gasteiger partial charge in [0, 0.05) is 6.42 Å². The van der Waals surface area contributed by atoms with Crippen molar-refractivity contribution in [3.8, 4) is 0 Å². The van der Waals surface area contributed by atoms with Gasteiger partial charge in [0.25, 0.3) is 0 Å². The molecule has 156 valence electrons. The quantitative estimate of drug-likeness (QED) is 0.511. The Morgan fingerprint density at radius 1 is 0.679 bits per heavy atom. The standard InChI is InChI=1S/C22H32O6/c23-21(15-5-8-18-20(9-15)28-18)25-11-13-1-3-14(4-2-13)12-26-22(24)17-7-6-16-10-19(17)27-16/h13-20H,1-12H2. The molecule has 6 unspecified atom stereocenters. The van der Waals surface area contributed by atoms with Crippen LogP contribution in [0.3, 0.4) is 0 Å². The summed E-state index contributed by atoms with van der Waals surface area (Å²) in [4.78, 5) is 24.6. The fourth-order valence-corrected chi connectivity index (χ4v) is 5.57. The Morgan fingerprint density at radius 2 is 1.36 bits per heavy atom. The molecule has 0 N–H and O–H groups in total. The minimum Gasteiger partial charge on any atom is -0.465 e. The highest BCUT2D eigenvalue weighted by Gasteiger charge is 2.46. The van der Waals surface area contributed by atoms with Gasteiger partial charge in [-0.05, 0) is 69.6 Å². The van der Waals surface area contributed by atoms with Gasteiger partial charge >= 0.3 is 11.9 Å². The van der Waals surface area contributed by atoms with Crippen LogP contribution in [-0.2, 0) is 28.5 Å². The van der Waals surface area contributed by atoms with E-state index < -0.39 is 0 Å². The van der Waals surface area contributed by atoms with Gasteiger partial charge < -0.3 is 18.9 Å². The minimum atomic E-state index is -0.0615.